The molecule has 1 aromatic carbocycles. The van der Waals surface area contributed by atoms with Crippen LogP contribution in [-0.2, 0) is 4.79 Å². The number of benzene rings is 1. The van der Waals surface area contributed by atoms with Gasteiger partial charge >= 0.3 is 0 Å². The highest BCUT2D eigenvalue weighted by Crippen LogP contribution is 2.46. The molecule has 0 aliphatic heterocycles. The average Bonchev–Trinajstić information content (AvgIpc) is 3.06. The summed E-state index contributed by atoms with van der Waals surface area (Å²) >= 11 is 12.0. The summed E-state index contributed by atoms with van der Waals surface area (Å²) in [6.45, 7) is 1.83. The van der Waals surface area contributed by atoms with Crippen molar-refractivity contribution in [3.05, 3.63) is 27.7 Å². The third-order valence-corrected chi connectivity index (χ3v) is 3.62. The largest absolute Gasteiger partial charge is 0.323 e. The number of nitriles is 1. The number of amides is 1. The zero-order chi connectivity index (χ0) is 12.6. The van der Waals surface area contributed by atoms with Crippen LogP contribution in [0.3, 0.4) is 0 Å². The fourth-order valence-corrected chi connectivity index (χ4v) is 1.93. The van der Waals surface area contributed by atoms with Crippen LogP contribution in [0.2, 0.25) is 10.0 Å². The van der Waals surface area contributed by atoms with Crippen molar-refractivity contribution in [2.24, 2.45) is 5.41 Å². The molecule has 2 rings (SSSR count). The molecule has 0 unspecified atom stereocenters. The maximum Gasteiger partial charge on any atom is 0.244 e. The molecule has 1 aliphatic rings. The van der Waals surface area contributed by atoms with Gasteiger partial charge in [-0.25, -0.2) is 0 Å². The highest BCUT2D eigenvalue weighted by molar-refractivity contribution is 6.36. The van der Waals surface area contributed by atoms with E-state index in [4.69, 9.17) is 28.5 Å². The second-order valence-electron chi connectivity index (χ2n) is 4.23. The quantitative estimate of drug-likeness (QED) is 0.892. The number of carbonyl (C=O) groups excluding carboxylic acids is 1. The van der Waals surface area contributed by atoms with Crippen LogP contribution in [0.5, 0.6) is 0 Å². The normalized spacial score (nSPS) is 16.1. The third kappa shape index (κ3) is 2.24. The van der Waals surface area contributed by atoms with Crippen LogP contribution in [0.1, 0.15) is 18.4 Å². The third-order valence-electron chi connectivity index (χ3n) is 2.90. The lowest BCUT2D eigenvalue weighted by Gasteiger charge is -2.11. The van der Waals surface area contributed by atoms with Crippen molar-refractivity contribution in [1.29, 1.82) is 5.26 Å². The molecule has 5 heteroatoms. The summed E-state index contributed by atoms with van der Waals surface area (Å²) in [4.78, 5) is 11.8. The van der Waals surface area contributed by atoms with Gasteiger partial charge in [0.05, 0.1) is 16.8 Å². The summed E-state index contributed by atoms with van der Waals surface area (Å²) in [5, 5.41) is 12.5. The van der Waals surface area contributed by atoms with Crippen LogP contribution < -0.4 is 5.32 Å². The predicted octanol–water partition coefficient (Wildman–Crippen LogP) is 3.54. The second-order valence-corrected chi connectivity index (χ2v) is 5.04. The fourth-order valence-electron chi connectivity index (χ4n) is 1.50. The number of hydrogen-bond donors (Lipinski definition) is 1. The number of rotatable bonds is 2. The molecule has 0 heterocycles. The van der Waals surface area contributed by atoms with Gasteiger partial charge < -0.3 is 5.32 Å². The maximum atomic E-state index is 11.8. The summed E-state index contributed by atoms with van der Waals surface area (Å²) in [7, 11) is 0. The van der Waals surface area contributed by atoms with Crippen LogP contribution in [0, 0.1) is 23.7 Å². The van der Waals surface area contributed by atoms with Gasteiger partial charge in [-0.1, -0.05) is 23.2 Å². The van der Waals surface area contributed by atoms with E-state index in [0.717, 1.165) is 5.56 Å². The minimum Gasteiger partial charge on any atom is -0.323 e. The molecule has 0 aromatic heterocycles. The summed E-state index contributed by atoms with van der Waals surface area (Å²) in [5.41, 5.74) is 0.436. The number of anilines is 1. The highest BCUT2D eigenvalue weighted by Gasteiger charge is 2.50. The van der Waals surface area contributed by atoms with Gasteiger partial charge in [-0.2, -0.15) is 5.26 Å². The first-order valence-electron chi connectivity index (χ1n) is 5.17. The zero-order valence-electron chi connectivity index (χ0n) is 9.18. The Labute approximate surface area is 109 Å². The predicted molar refractivity (Wildman–Crippen MR) is 67.1 cm³/mol. The Balaban J connectivity index is 2.23. The second kappa shape index (κ2) is 4.21. The van der Waals surface area contributed by atoms with E-state index in [1.54, 1.807) is 12.1 Å². The minimum absolute atomic E-state index is 0.304. The molecule has 17 heavy (non-hydrogen) atoms. The van der Waals surface area contributed by atoms with Crippen molar-refractivity contribution in [3.8, 4) is 6.07 Å². The molecule has 1 aromatic rings. The standard InChI is InChI=1S/C12H10Cl2N2O/c1-7-4-9(14)10(5-8(7)13)16-11(17)12(6-15)2-3-12/h4-5H,2-3H2,1H3,(H,16,17). The Morgan fingerprint density at radius 1 is 1.41 bits per heavy atom. The first kappa shape index (κ1) is 12.2. The molecule has 1 amide bonds. The monoisotopic (exact) mass is 268 g/mol. The van der Waals surface area contributed by atoms with Crippen LogP contribution in [0.25, 0.3) is 0 Å². The number of carbonyl (C=O) groups is 1. The lowest BCUT2D eigenvalue weighted by molar-refractivity contribution is -0.119. The first-order valence-corrected chi connectivity index (χ1v) is 5.92. The van der Waals surface area contributed by atoms with E-state index in [0.29, 0.717) is 28.6 Å². The summed E-state index contributed by atoms with van der Waals surface area (Å²) in [5.74, 6) is -0.304. The van der Waals surface area contributed by atoms with Gasteiger partial charge in [0.2, 0.25) is 5.91 Å². The Hall–Kier alpha value is -1.24. The average molecular weight is 269 g/mol. The molecule has 0 bridgehead atoms. The van der Waals surface area contributed by atoms with E-state index in [2.05, 4.69) is 5.32 Å². The molecule has 0 radical (unpaired) electrons. The molecule has 88 valence electrons. The van der Waals surface area contributed by atoms with E-state index < -0.39 is 5.41 Å². The van der Waals surface area contributed by atoms with Gasteiger partial charge in [0.15, 0.2) is 0 Å². The molecule has 3 nitrogen and oxygen atoms in total. The Bertz CT molecular complexity index is 530. The zero-order valence-corrected chi connectivity index (χ0v) is 10.7. The van der Waals surface area contributed by atoms with E-state index >= 15 is 0 Å². The molecule has 1 aliphatic carbocycles. The SMILES string of the molecule is Cc1cc(Cl)c(NC(=O)C2(C#N)CC2)cc1Cl. The van der Waals surface area contributed by atoms with E-state index in [9.17, 15) is 4.79 Å². The molecule has 0 spiro atoms. The van der Waals surface area contributed by atoms with Crippen molar-refractivity contribution >= 4 is 34.8 Å². The number of hydrogen-bond acceptors (Lipinski definition) is 2. The number of aryl methyl sites for hydroxylation is 1. The van der Waals surface area contributed by atoms with Gasteiger partial charge in [-0.05, 0) is 37.5 Å². The van der Waals surface area contributed by atoms with Crippen LogP contribution in [0.15, 0.2) is 12.1 Å². The fraction of sp³-hybridized carbons (Fsp3) is 0.333. The van der Waals surface area contributed by atoms with Gasteiger partial charge in [-0.15, -0.1) is 0 Å². The van der Waals surface area contributed by atoms with Crippen molar-refractivity contribution < 1.29 is 4.79 Å². The Morgan fingerprint density at radius 3 is 2.59 bits per heavy atom. The van der Waals surface area contributed by atoms with Gasteiger partial charge in [0, 0.05) is 5.02 Å². The van der Waals surface area contributed by atoms with Gasteiger partial charge in [-0.3, -0.25) is 4.79 Å². The number of nitrogens with zero attached hydrogens (tertiary/aromatic N) is 1. The highest BCUT2D eigenvalue weighted by atomic mass is 35.5. The van der Waals surface area contributed by atoms with Crippen LogP contribution >= 0.6 is 23.2 Å². The Kier molecular flexibility index (Phi) is 3.03. The van der Waals surface area contributed by atoms with Crippen molar-refractivity contribution in [2.45, 2.75) is 19.8 Å². The first-order chi connectivity index (χ1) is 7.98. The van der Waals surface area contributed by atoms with Crippen molar-refractivity contribution in [3.63, 3.8) is 0 Å². The molecular formula is C12H10Cl2N2O. The molecule has 0 atom stereocenters. The van der Waals surface area contributed by atoms with Crippen LogP contribution in [0.4, 0.5) is 5.69 Å². The van der Waals surface area contributed by atoms with E-state index in [-0.39, 0.29) is 5.91 Å². The number of halogens is 2. The maximum absolute atomic E-state index is 11.8. The van der Waals surface area contributed by atoms with Crippen molar-refractivity contribution in [1.82, 2.24) is 0 Å². The topological polar surface area (TPSA) is 52.9 Å². The molecular weight excluding hydrogens is 259 g/mol. The molecule has 1 saturated carbocycles. The molecule has 1 N–H and O–H groups in total. The van der Waals surface area contributed by atoms with E-state index in [1.165, 1.54) is 0 Å². The van der Waals surface area contributed by atoms with Crippen molar-refractivity contribution in [2.75, 3.05) is 5.32 Å². The summed E-state index contributed by atoms with van der Waals surface area (Å²) < 4.78 is 0. The van der Waals surface area contributed by atoms with Gasteiger partial charge in [0.1, 0.15) is 5.41 Å². The summed E-state index contributed by atoms with van der Waals surface area (Å²) in [6, 6.07) is 5.32. The Morgan fingerprint density at radius 2 is 2.06 bits per heavy atom. The lowest BCUT2D eigenvalue weighted by atomic mass is 10.1. The smallest absolute Gasteiger partial charge is 0.244 e. The van der Waals surface area contributed by atoms with E-state index in [1.807, 2.05) is 13.0 Å². The minimum atomic E-state index is -0.860. The van der Waals surface area contributed by atoms with Gasteiger partial charge in [0.25, 0.3) is 0 Å². The summed E-state index contributed by atoms with van der Waals surface area (Å²) in [6.07, 6.45) is 1.21. The molecule has 0 saturated heterocycles. The molecule has 1 fully saturated rings. The lowest BCUT2D eigenvalue weighted by Crippen LogP contribution is -2.22. The van der Waals surface area contributed by atoms with Crippen LogP contribution in [-0.4, -0.2) is 5.91 Å². The number of nitrogens with one attached hydrogen (secondary N) is 1.